The van der Waals surface area contributed by atoms with Gasteiger partial charge in [0.1, 0.15) is 0 Å². The Hall–Kier alpha value is -2.47. The van der Waals surface area contributed by atoms with Gasteiger partial charge in [-0.2, -0.15) is 0 Å². The molecule has 1 aromatic carbocycles. The van der Waals surface area contributed by atoms with E-state index in [-0.39, 0.29) is 24.7 Å². The van der Waals surface area contributed by atoms with Crippen LogP contribution in [-0.4, -0.2) is 34.4 Å². The van der Waals surface area contributed by atoms with Crippen LogP contribution < -0.4 is 5.48 Å². The molecule has 0 radical (unpaired) electrons. The second-order valence-corrected chi connectivity index (χ2v) is 5.81. The van der Waals surface area contributed by atoms with Crippen LogP contribution >= 0.6 is 0 Å². The zero-order valence-corrected chi connectivity index (χ0v) is 13.5. The Balaban J connectivity index is 1.78. The molecular formula is C18H22N2O4. The number of carbonyl (C=O) groups is 3. The van der Waals surface area contributed by atoms with E-state index in [1.807, 2.05) is 30.3 Å². The molecule has 2 rings (SSSR count). The number of nitrogens with one attached hydrogen (secondary N) is 1. The van der Waals surface area contributed by atoms with Crippen LogP contribution in [0.1, 0.15) is 44.1 Å². The molecule has 1 aliphatic heterocycles. The third-order valence-corrected chi connectivity index (χ3v) is 3.96. The molecule has 1 aromatic rings. The molecule has 0 bridgehead atoms. The highest BCUT2D eigenvalue weighted by Crippen LogP contribution is 2.22. The first-order chi connectivity index (χ1) is 11.6. The molecule has 1 heterocycles. The summed E-state index contributed by atoms with van der Waals surface area (Å²) in [6.45, 7) is 0.413. The fraction of sp³-hybridized carbons (Fsp3) is 0.389. The standard InChI is InChI=1S/C18H22N2O4/c21-16(19-24)10-6-1-2-7-11-20-17(22)13-15(18(20)23)12-14-8-4-3-5-9-14/h3-5,8-9,12,24H,1-2,6-7,10-11,13H2,(H,19,21). The molecule has 2 N–H and O–H groups in total. The van der Waals surface area contributed by atoms with E-state index in [1.165, 1.54) is 4.90 Å². The van der Waals surface area contributed by atoms with Gasteiger partial charge in [-0.15, -0.1) is 0 Å². The summed E-state index contributed by atoms with van der Waals surface area (Å²) in [4.78, 5) is 36.5. The number of hydroxylamine groups is 1. The summed E-state index contributed by atoms with van der Waals surface area (Å²) in [6.07, 6.45) is 5.24. The Bertz CT molecular complexity index is 625. The minimum atomic E-state index is -0.393. The van der Waals surface area contributed by atoms with E-state index >= 15 is 0 Å². The summed E-state index contributed by atoms with van der Waals surface area (Å²) in [6, 6.07) is 9.48. The van der Waals surface area contributed by atoms with Crippen LogP contribution in [0, 0.1) is 0 Å². The Morgan fingerprint density at radius 2 is 1.83 bits per heavy atom. The van der Waals surface area contributed by atoms with Crippen LogP contribution in [0.5, 0.6) is 0 Å². The topological polar surface area (TPSA) is 86.7 Å². The van der Waals surface area contributed by atoms with Crippen molar-refractivity contribution >= 4 is 23.8 Å². The van der Waals surface area contributed by atoms with Gasteiger partial charge in [0.15, 0.2) is 0 Å². The van der Waals surface area contributed by atoms with Gasteiger partial charge in [0.2, 0.25) is 11.8 Å². The lowest BCUT2D eigenvalue weighted by Gasteiger charge is -2.13. The molecule has 0 spiro atoms. The van der Waals surface area contributed by atoms with Crippen LogP contribution in [-0.2, 0) is 14.4 Å². The van der Waals surface area contributed by atoms with Crippen LogP contribution in [0.2, 0.25) is 0 Å². The summed E-state index contributed by atoms with van der Waals surface area (Å²) in [5, 5.41) is 8.38. The van der Waals surface area contributed by atoms with Crippen molar-refractivity contribution in [2.45, 2.75) is 38.5 Å². The lowest BCUT2D eigenvalue weighted by atomic mass is 10.1. The number of unbranched alkanes of at least 4 members (excludes halogenated alkanes) is 3. The summed E-state index contributed by atoms with van der Waals surface area (Å²) >= 11 is 0. The van der Waals surface area contributed by atoms with E-state index in [9.17, 15) is 14.4 Å². The second-order valence-electron chi connectivity index (χ2n) is 5.81. The van der Waals surface area contributed by atoms with Gasteiger partial charge in [0.05, 0.1) is 6.42 Å². The maximum Gasteiger partial charge on any atom is 0.256 e. The molecule has 1 saturated heterocycles. The van der Waals surface area contributed by atoms with Crippen molar-refractivity contribution < 1.29 is 19.6 Å². The number of carbonyl (C=O) groups excluding carboxylic acids is 3. The fourth-order valence-electron chi connectivity index (χ4n) is 2.67. The third kappa shape index (κ3) is 5.03. The largest absolute Gasteiger partial charge is 0.289 e. The number of benzene rings is 1. The Labute approximate surface area is 141 Å². The molecule has 0 unspecified atom stereocenters. The summed E-state index contributed by atoms with van der Waals surface area (Å²) in [5.74, 6) is -0.749. The predicted molar refractivity (Wildman–Crippen MR) is 88.8 cm³/mol. The summed E-state index contributed by atoms with van der Waals surface area (Å²) < 4.78 is 0. The van der Waals surface area contributed by atoms with E-state index in [1.54, 1.807) is 11.6 Å². The third-order valence-electron chi connectivity index (χ3n) is 3.96. The number of likely N-dealkylation sites (tertiary alicyclic amines) is 1. The van der Waals surface area contributed by atoms with Gasteiger partial charge in [-0.05, 0) is 24.5 Å². The molecule has 0 aliphatic carbocycles. The molecule has 1 aliphatic rings. The van der Waals surface area contributed by atoms with Crippen LogP contribution in [0.25, 0.3) is 6.08 Å². The number of rotatable bonds is 8. The molecule has 3 amide bonds. The average molecular weight is 330 g/mol. The highest BCUT2D eigenvalue weighted by molar-refractivity contribution is 6.15. The molecule has 0 atom stereocenters. The molecule has 1 fully saturated rings. The maximum absolute atomic E-state index is 12.3. The van der Waals surface area contributed by atoms with E-state index in [0.29, 0.717) is 18.5 Å². The molecule has 0 saturated carbocycles. The van der Waals surface area contributed by atoms with Gasteiger partial charge in [0.25, 0.3) is 5.91 Å². The second kappa shape index (κ2) is 8.98. The average Bonchev–Trinajstić information content (AvgIpc) is 2.85. The van der Waals surface area contributed by atoms with Crippen molar-refractivity contribution in [2.24, 2.45) is 0 Å². The van der Waals surface area contributed by atoms with Gasteiger partial charge in [-0.1, -0.05) is 43.2 Å². The fourth-order valence-corrected chi connectivity index (χ4v) is 2.67. The van der Waals surface area contributed by atoms with Crippen molar-refractivity contribution in [1.82, 2.24) is 10.4 Å². The highest BCUT2D eigenvalue weighted by atomic mass is 16.5. The molecule has 6 nitrogen and oxygen atoms in total. The van der Waals surface area contributed by atoms with Crippen molar-refractivity contribution in [3.63, 3.8) is 0 Å². The van der Waals surface area contributed by atoms with E-state index in [4.69, 9.17) is 5.21 Å². The molecule has 24 heavy (non-hydrogen) atoms. The number of nitrogens with zero attached hydrogens (tertiary/aromatic N) is 1. The highest BCUT2D eigenvalue weighted by Gasteiger charge is 2.32. The first-order valence-corrected chi connectivity index (χ1v) is 8.15. The Morgan fingerprint density at radius 1 is 1.12 bits per heavy atom. The molecule has 6 heteroatoms. The van der Waals surface area contributed by atoms with Gasteiger partial charge in [-0.25, -0.2) is 5.48 Å². The van der Waals surface area contributed by atoms with E-state index in [0.717, 1.165) is 24.8 Å². The Kier molecular flexibility index (Phi) is 6.69. The van der Waals surface area contributed by atoms with Crippen molar-refractivity contribution in [1.29, 1.82) is 0 Å². The zero-order valence-electron chi connectivity index (χ0n) is 13.5. The first kappa shape index (κ1) is 17.9. The van der Waals surface area contributed by atoms with Crippen LogP contribution in [0.4, 0.5) is 0 Å². The quantitative estimate of drug-likeness (QED) is 0.252. The molecule has 128 valence electrons. The smallest absolute Gasteiger partial charge is 0.256 e. The van der Waals surface area contributed by atoms with E-state index < -0.39 is 5.91 Å². The number of hydrogen-bond donors (Lipinski definition) is 2. The Morgan fingerprint density at radius 3 is 2.54 bits per heavy atom. The molecular weight excluding hydrogens is 308 g/mol. The molecule has 0 aromatic heterocycles. The van der Waals surface area contributed by atoms with E-state index in [2.05, 4.69) is 0 Å². The predicted octanol–water partition coefficient (Wildman–Crippen LogP) is 2.28. The number of hydrogen-bond acceptors (Lipinski definition) is 4. The lowest BCUT2D eigenvalue weighted by Crippen LogP contribution is -2.30. The van der Waals surface area contributed by atoms with Crippen molar-refractivity contribution in [3.05, 3.63) is 41.5 Å². The normalized spacial score (nSPS) is 16.0. The minimum absolute atomic E-state index is 0.151. The number of imide groups is 1. The van der Waals surface area contributed by atoms with Gasteiger partial charge >= 0.3 is 0 Å². The minimum Gasteiger partial charge on any atom is -0.289 e. The van der Waals surface area contributed by atoms with Crippen LogP contribution in [0.15, 0.2) is 35.9 Å². The SMILES string of the molecule is O=C(CCCCCCN1C(=O)CC(=Cc2ccccc2)C1=O)NO. The first-order valence-electron chi connectivity index (χ1n) is 8.15. The van der Waals surface area contributed by atoms with Gasteiger partial charge in [-0.3, -0.25) is 24.5 Å². The lowest BCUT2D eigenvalue weighted by molar-refractivity contribution is -0.137. The van der Waals surface area contributed by atoms with Gasteiger partial charge < -0.3 is 0 Å². The zero-order chi connectivity index (χ0) is 17.4. The van der Waals surface area contributed by atoms with Crippen molar-refractivity contribution in [2.75, 3.05) is 6.54 Å². The van der Waals surface area contributed by atoms with Crippen molar-refractivity contribution in [3.8, 4) is 0 Å². The summed E-state index contributed by atoms with van der Waals surface area (Å²) in [5.41, 5.74) is 3.04. The summed E-state index contributed by atoms with van der Waals surface area (Å²) in [7, 11) is 0. The monoisotopic (exact) mass is 330 g/mol. The van der Waals surface area contributed by atoms with Gasteiger partial charge in [0, 0.05) is 18.5 Å². The number of amides is 3. The van der Waals surface area contributed by atoms with Crippen LogP contribution in [0.3, 0.4) is 0 Å². The maximum atomic E-state index is 12.3.